The van der Waals surface area contributed by atoms with Gasteiger partial charge in [-0.05, 0) is 48.0 Å². The van der Waals surface area contributed by atoms with Crippen molar-refractivity contribution >= 4 is 5.91 Å². The number of hydrogen-bond acceptors (Lipinski definition) is 5. The van der Waals surface area contributed by atoms with Crippen LogP contribution in [0.2, 0.25) is 0 Å². The number of methoxy groups -OCH3 is 1. The number of nitrogens with zero attached hydrogens (tertiary/aromatic N) is 4. The van der Waals surface area contributed by atoms with E-state index in [1.165, 1.54) is 6.33 Å². The molecule has 0 saturated carbocycles. The molecule has 0 bridgehead atoms. The van der Waals surface area contributed by atoms with Gasteiger partial charge < -0.3 is 10.1 Å². The number of carbonyl (C=O) groups is 1. The van der Waals surface area contributed by atoms with E-state index in [1.54, 1.807) is 17.9 Å². The predicted molar refractivity (Wildman–Crippen MR) is 72.7 cm³/mol. The summed E-state index contributed by atoms with van der Waals surface area (Å²) in [5.74, 6) is -0.124. The third-order valence-corrected chi connectivity index (χ3v) is 2.85. The highest BCUT2D eigenvalue weighted by Gasteiger charge is 2.11. The van der Waals surface area contributed by atoms with Crippen LogP contribution in [0.1, 0.15) is 22.8 Å². The Bertz CT molecular complexity index is 582. The Labute approximate surface area is 116 Å². The highest BCUT2D eigenvalue weighted by Crippen LogP contribution is 2.14. The zero-order valence-electron chi connectivity index (χ0n) is 11.7. The van der Waals surface area contributed by atoms with Gasteiger partial charge in [0.05, 0.1) is 12.3 Å². The minimum atomic E-state index is -0.124. The van der Waals surface area contributed by atoms with Crippen molar-refractivity contribution in [3.8, 4) is 5.69 Å². The smallest absolute Gasteiger partial charge is 0.251 e. The standard InChI is InChI=1S/C13H17N5O2/c1-9-6-11(13(19)15-10(2)7-20-3)4-5-12(9)18-8-14-16-17-18/h4-6,8,10H,7H2,1-3H3,(H,15,19)/t10-/m0/s1. The summed E-state index contributed by atoms with van der Waals surface area (Å²) in [6.45, 7) is 4.28. The number of aromatic nitrogens is 4. The Morgan fingerprint density at radius 2 is 2.30 bits per heavy atom. The predicted octanol–water partition coefficient (Wildman–Crippen LogP) is 0.735. The molecule has 7 heteroatoms. The second-order valence-corrected chi connectivity index (χ2v) is 4.59. The van der Waals surface area contributed by atoms with Gasteiger partial charge in [0.25, 0.3) is 5.91 Å². The zero-order chi connectivity index (χ0) is 14.5. The van der Waals surface area contributed by atoms with Crippen LogP contribution in [0.25, 0.3) is 5.69 Å². The quantitative estimate of drug-likeness (QED) is 0.870. The van der Waals surface area contributed by atoms with Gasteiger partial charge in [-0.25, -0.2) is 4.68 Å². The number of aryl methyl sites for hydroxylation is 1. The Kier molecular flexibility index (Phi) is 4.41. The number of ether oxygens (including phenoxy) is 1. The molecule has 0 spiro atoms. The molecular formula is C13H17N5O2. The van der Waals surface area contributed by atoms with Crippen LogP contribution in [0.4, 0.5) is 0 Å². The SMILES string of the molecule is COC[C@H](C)NC(=O)c1ccc(-n2cnnn2)c(C)c1. The lowest BCUT2D eigenvalue weighted by Crippen LogP contribution is -2.35. The third-order valence-electron chi connectivity index (χ3n) is 2.85. The van der Waals surface area contributed by atoms with Gasteiger partial charge >= 0.3 is 0 Å². The van der Waals surface area contributed by atoms with E-state index in [2.05, 4.69) is 20.8 Å². The van der Waals surface area contributed by atoms with Crippen molar-refractivity contribution in [2.24, 2.45) is 0 Å². The molecule has 1 atom stereocenters. The van der Waals surface area contributed by atoms with Gasteiger partial charge in [0.1, 0.15) is 6.33 Å². The summed E-state index contributed by atoms with van der Waals surface area (Å²) in [5, 5.41) is 13.9. The van der Waals surface area contributed by atoms with Crippen LogP contribution in [0, 0.1) is 6.92 Å². The minimum Gasteiger partial charge on any atom is -0.383 e. The van der Waals surface area contributed by atoms with Crippen LogP contribution in [0.15, 0.2) is 24.5 Å². The topological polar surface area (TPSA) is 81.9 Å². The lowest BCUT2D eigenvalue weighted by Gasteiger charge is -2.13. The molecule has 1 heterocycles. The van der Waals surface area contributed by atoms with Crippen LogP contribution >= 0.6 is 0 Å². The number of nitrogens with one attached hydrogen (secondary N) is 1. The van der Waals surface area contributed by atoms with Gasteiger partial charge in [0.2, 0.25) is 0 Å². The van der Waals surface area contributed by atoms with Gasteiger partial charge in [-0.15, -0.1) is 5.10 Å². The van der Waals surface area contributed by atoms with Gasteiger partial charge in [-0.3, -0.25) is 4.79 Å². The fourth-order valence-electron chi connectivity index (χ4n) is 1.92. The minimum absolute atomic E-state index is 0.0352. The largest absolute Gasteiger partial charge is 0.383 e. The molecule has 0 unspecified atom stereocenters. The summed E-state index contributed by atoms with van der Waals surface area (Å²) in [4.78, 5) is 12.1. The van der Waals surface area contributed by atoms with E-state index in [4.69, 9.17) is 4.74 Å². The van der Waals surface area contributed by atoms with E-state index in [0.29, 0.717) is 12.2 Å². The van der Waals surface area contributed by atoms with Crippen molar-refractivity contribution in [3.63, 3.8) is 0 Å². The van der Waals surface area contributed by atoms with E-state index in [-0.39, 0.29) is 11.9 Å². The maximum Gasteiger partial charge on any atom is 0.251 e. The van der Waals surface area contributed by atoms with Crippen LogP contribution in [0.5, 0.6) is 0 Å². The van der Waals surface area contributed by atoms with E-state index in [9.17, 15) is 4.79 Å². The number of benzene rings is 1. The summed E-state index contributed by atoms with van der Waals surface area (Å²) < 4.78 is 6.55. The highest BCUT2D eigenvalue weighted by atomic mass is 16.5. The Hall–Kier alpha value is -2.28. The number of tetrazole rings is 1. The molecule has 1 aromatic carbocycles. The molecule has 0 aliphatic rings. The number of rotatable bonds is 5. The molecule has 20 heavy (non-hydrogen) atoms. The molecular weight excluding hydrogens is 258 g/mol. The van der Waals surface area contributed by atoms with Gasteiger partial charge in [0.15, 0.2) is 0 Å². The number of carbonyl (C=O) groups excluding carboxylic acids is 1. The molecule has 0 aliphatic carbocycles. The average molecular weight is 275 g/mol. The van der Waals surface area contributed by atoms with Crippen molar-refractivity contribution in [3.05, 3.63) is 35.7 Å². The maximum absolute atomic E-state index is 12.1. The van der Waals surface area contributed by atoms with E-state index >= 15 is 0 Å². The lowest BCUT2D eigenvalue weighted by atomic mass is 10.1. The van der Waals surface area contributed by atoms with Crippen molar-refractivity contribution in [2.75, 3.05) is 13.7 Å². The molecule has 2 aromatic rings. The highest BCUT2D eigenvalue weighted by molar-refractivity contribution is 5.94. The second-order valence-electron chi connectivity index (χ2n) is 4.59. The van der Waals surface area contributed by atoms with Crippen molar-refractivity contribution in [1.82, 2.24) is 25.5 Å². The van der Waals surface area contributed by atoms with Crippen molar-refractivity contribution in [1.29, 1.82) is 0 Å². The first-order chi connectivity index (χ1) is 9.61. The zero-order valence-corrected chi connectivity index (χ0v) is 11.7. The summed E-state index contributed by atoms with van der Waals surface area (Å²) in [5.41, 5.74) is 2.36. The first kappa shape index (κ1) is 14.1. The van der Waals surface area contributed by atoms with Crippen LogP contribution < -0.4 is 5.32 Å². The molecule has 0 fully saturated rings. The maximum atomic E-state index is 12.1. The Morgan fingerprint density at radius 3 is 2.90 bits per heavy atom. The first-order valence-corrected chi connectivity index (χ1v) is 6.25. The van der Waals surface area contributed by atoms with Crippen LogP contribution in [0.3, 0.4) is 0 Å². The lowest BCUT2D eigenvalue weighted by molar-refractivity contribution is 0.0905. The fraction of sp³-hybridized carbons (Fsp3) is 0.385. The molecule has 1 aromatic heterocycles. The summed E-state index contributed by atoms with van der Waals surface area (Å²) in [7, 11) is 1.60. The second kappa shape index (κ2) is 6.25. The third kappa shape index (κ3) is 3.18. The first-order valence-electron chi connectivity index (χ1n) is 6.25. The molecule has 1 amide bonds. The molecule has 1 N–H and O–H groups in total. The van der Waals surface area contributed by atoms with Crippen LogP contribution in [-0.4, -0.2) is 45.9 Å². The fourth-order valence-corrected chi connectivity index (χ4v) is 1.92. The molecule has 0 radical (unpaired) electrons. The van der Waals surface area contributed by atoms with Gasteiger partial charge in [0, 0.05) is 18.7 Å². The van der Waals surface area contributed by atoms with Gasteiger partial charge in [-0.2, -0.15) is 0 Å². The summed E-state index contributed by atoms with van der Waals surface area (Å²) in [6, 6.07) is 5.35. The van der Waals surface area contributed by atoms with Gasteiger partial charge in [-0.1, -0.05) is 0 Å². The molecule has 0 saturated heterocycles. The van der Waals surface area contributed by atoms with Crippen LogP contribution in [-0.2, 0) is 4.74 Å². The van der Waals surface area contributed by atoms with Crippen molar-refractivity contribution < 1.29 is 9.53 Å². The molecule has 106 valence electrons. The average Bonchev–Trinajstić information content (AvgIpc) is 2.92. The number of amides is 1. The van der Waals surface area contributed by atoms with Crippen molar-refractivity contribution in [2.45, 2.75) is 19.9 Å². The molecule has 0 aliphatic heterocycles. The van der Waals surface area contributed by atoms with E-state index in [0.717, 1.165) is 11.3 Å². The Morgan fingerprint density at radius 1 is 1.50 bits per heavy atom. The normalized spacial score (nSPS) is 12.2. The van der Waals surface area contributed by atoms with E-state index < -0.39 is 0 Å². The molecule has 2 rings (SSSR count). The molecule has 7 nitrogen and oxygen atoms in total. The van der Waals surface area contributed by atoms with E-state index in [1.807, 2.05) is 26.0 Å². The number of hydrogen-bond donors (Lipinski definition) is 1. The Balaban J connectivity index is 2.15. The summed E-state index contributed by atoms with van der Waals surface area (Å²) in [6.07, 6.45) is 1.52. The monoisotopic (exact) mass is 275 g/mol. The summed E-state index contributed by atoms with van der Waals surface area (Å²) >= 11 is 0.